The van der Waals surface area contributed by atoms with E-state index in [1.807, 2.05) is 0 Å². The van der Waals surface area contributed by atoms with Crippen LogP contribution in [-0.2, 0) is 11.2 Å². The van der Waals surface area contributed by atoms with Crippen LogP contribution >= 0.6 is 0 Å². The lowest BCUT2D eigenvalue weighted by atomic mass is 9.88. The molecule has 1 aromatic carbocycles. The van der Waals surface area contributed by atoms with E-state index < -0.39 is 0 Å². The molecule has 2 aliphatic rings. The van der Waals surface area contributed by atoms with Crippen molar-refractivity contribution in [3.05, 3.63) is 35.4 Å². The first kappa shape index (κ1) is 13.7. The molecule has 1 aromatic rings. The van der Waals surface area contributed by atoms with E-state index in [2.05, 4.69) is 43.0 Å². The molecule has 1 atom stereocenters. The van der Waals surface area contributed by atoms with Crippen molar-refractivity contribution in [2.45, 2.75) is 51.9 Å². The molecule has 1 saturated heterocycles. The summed E-state index contributed by atoms with van der Waals surface area (Å²) in [4.78, 5) is 14.6. The predicted octanol–water partition coefficient (Wildman–Crippen LogP) is 3.76. The summed E-state index contributed by atoms with van der Waals surface area (Å²) < 4.78 is 0. The zero-order chi connectivity index (χ0) is 14.2. The van der Waals surface area contributed by atoms with Gasteiger partial charge in [0.15, 0.2) is 0 Å². The topological polar surface area (TPSA) is 20.3 Å². The number of piperidine rings is 1. The average Bonchev–Trinajstić information content (AvgIpc) is 3.26. The molecule has 1 heterocycles. The van der Waals surface area contributed by atoms with Crippen molar-refractivity contribution < 1.29 is 4.79 Å². The van der Waals surface area contributed by atoms with Crippen LogP contribution in [0.2, 0.25) is 0 Å². The average molecular weight is 271 g/mol. The minimum atomic E-state index is -0.0207. The fourth-order valence-electron chi connectivity index (χ4n) is 3.28. The number of likely N-dealkylation sites (tertiary alicyclic amines) is 1. The number of amides is 1. The third-order valence-corrected chi connectivity index (χ3v) is 5.06. The minimum Gasteiger partial charge on any atom is -0.342 e. The SMILES string of the molecule is CCc1cccc(C2CCCN(C(=O)C3(C)CC3)C2)c1. The van der Waals surface area contributed by atoms with E-state index in [-0.39, 0.29) is 5.41 Å². The van der Waals surface area contributed by atoms with E-state index in [9.17, 15) is 4.79 Å². The van der Waals surface area contributed by atoms with E-state index in [1.54, 1.807) is 0 Å². The second-order valence-electron chi connectivity index (χ2n) is 6.75. The van der Waals surface area contributed by atoms with Crippen LogP contribution in [0, 0.1) is 5.41 Å². The van der Waals surface area contributed by atoms with Crippen molar-refractivity contribution in [3.8, 4) is 0 Å². The Balaban J connectivity index is 1.72. The lowest BCUT2D eigenvalue weighted by Crippen LogP contribution is -2.42. The van der Waals surface area contributed by atoms with Gasteiger partial charge in [0, 0.05) is 24.4 Å². The van der Waals surface area contributed by atoms with Gasteiger partial charge in [0.1, 0.15) is 0 Å². The van der Waals surface area contributed by atoms with Crippen molar-refractivity contribution >= 4 is 5.91 Å². The second kappa shape index (κ2) is 5.23. The molecule has 3 rings (SSSR count). The number of hydrogen-bond acceptors (Lipinski definition) is 1. The predicted molar refractivity (Wildman–Crippen MR) is 81.7 cm³/mol. The van der Waals surface area contributed by atoms with Crippen LogP contribution in [-0.4, -0.2) is 23.9 Å². The van der Waals surface area contributed by atoms with Crippen LogP contribution < -0.4 is 0 Å². The van der Waals surface area contributed by atoms with Gasteiger partial charge in [-0.25, -0.2) is 0 Å². The molecular formula is C18H25NO. The number of carbonyl (C=O) groups excluding carboxylic acids is 1. The molecule has 1 saturated carbocycles. The van der Waals surface area contributed by atoms with E-state index in [4.69, 9.17) is 0 Å². The maximum Gasteiger partial charge on any atom is 0.228 e. The molecule has 20 heavy (non-hydrogen) atoms. The highest BCUT2D eigenvalue weighted by molar-refractivity contribution is 5.85. The summed E-state index contributed by atoms with van der Waals surface area (Å²) in [7, 11) is 0. The molecule has 1 aliphatic heterocycles. The first-order chi connectivity index (χ1) is 9.62. The van der Waals surface area contributed by atoms with E-state index in [0.29, 0.717) is 11.8 Å². The molecule has 1 amide bonds. The fourth-order valence-corrected chi connectivity index (χ4v) is 3.28. The first-order valence-corrected chi connectivity index (χ1v) is 8.00. The van der Waals surface area contributed by atoms with Gasteiger partial charge in [-0.05, 0) is 43.2 Å². The minimum absolute atomic E-state index is 0.0207. The lowest BCUT2D eigenvalue weighted by molar-refractivity contribution is -0.137. The third kappa shape index (κ3) is 2.61. The first-order valence-electron chi connectivity index (χ1n) is 8.00. The summed E-state index contributed by atoms with van der Waals surface area (Å²) in [5.74, 6) is 0.926. The number of rotatable bonds is 3. The van der Waals surface area contributed by atoms with Gasteiger partial charge in [0.05, 0.1) is 0 Å². The number of aryl methyl sites for hydroxylation is 1. The molecule has 0 bridgehead atoms. The van der Waals surface area contributed by atoms with Gasteiger partial charge < -0.3 is 4.90 Å². The van der Waals surface area contributed by atoms with Gasteiger partial charge >= 0.3 is 0 Å². The number of hydrogen-bond donors (Lipinski definition) is 0. The van der Waals surface area contributed by atoms with Crippen LogP contribution in [0.1, 0.15) is 56.6 Å². The summed E-state index contributed by atoms with van der Waals surface area (Å²) >= 11 is 0. The molecule has 0 spiro atoms. The summed E-state index contributed by atoms with van der Waals surface area (Å²) in [6.45, 7) is 6.19. The molecule has 2 heteroatoms. The van der Waals surface area contributed by atoms with Gasteiger partial charge in [0.25, 0.3) is 0 Å². The monoisotopic (exact) mass is 271 g/mol. The lowest BCUT2D eigenvalue weighted by Gasteiger charge is -2.35. The van der Waals surface area contributed by atoms with E-state index in [1.165, 1.54) is 17.5 Å². The maximum absolute atomic E-state index is 12.5. The number of carbonyl (C=O) groups is 1. The van der Waals surface area contributed by atoms with E-state index >= 15 is 0 Å². The van der Waals surface area contributed by atoms with Crippen LogP contribution in [0.3, 0.4) is 0 Å². The van der Waals surface area contributed by atoms with Gasteiger partial charge in [-0.2, -0.15) is 0 Å². The van der Waals surface area contributed by atoms with Crippen LogP contribution in [0.5, 0.6) is 0 Å². The van der Waals surface area contributed by atoms with Crippen molar-refractivity contribution in [1.82, 2.24) is 4.90 Å². The smallest absolute Gasteiger partial charge is 0.228 e. The molecular weight excluding hydrogens is 246 g/mol. The number of nitrogens with zero attached hydrogens (tertiary/aromatic N) is 1. The summed E-state index contributed by atoms with van der Waals surface area (Å²) in [5.41, 5.74) is 2.80. The van der Waals surface area contributed by atoms with Gasteiger partial charge in [-0.15, -0.1) is 0 Å². The Morgan fingerprint density at radius 1 is 1.40 bits per heavy atom. The van der Waals surface area contributed by atoms with Crippen molar-refractivity contribution in [2.24, 2.45) is 5.41 Å². The Labute approximate surface area is 122 Å². The Bertz CT molecular complexity index is 504. The molecule has 2 fully saturated rings. The Hall–Kier alpha value is -1.31. The fraction of sp³-hybridized carbons (Fsp3) is 0.611. The van der Waals surface area contributed by atoms with Crippen LogP contribution in [0.4, 0.5) is 0 Å². The van der Waals surface area contributed by atoms with Gasteiger partial charge in [0.2, 0.25) is 5.91 Å². The molecule has 1 aliphatic carbocycles. The summed E-state index contributed by atoms with van der Waals surface area (Å²) in [6.07, 6.45) is 5.61. The zero-order valence-electron chi connectivity index (χ0n) is 12.7. The highest BCUT2D eigenvalue weighted by atomic mass is 16.2. The van der Waals surface area contributed by atoms with Crippen molar-refractivity contribution in [1.29, 1.82) is 0 Å². The van der Waals surface area contributed by atoms with Crippen molar-refractivity contribution in [3.63, 3.8) is 0 Å². The second-order valence-corrected chi connectivity index (χ2v) is 6.75. The highest BCUT2D eigenvalue weighted by Gasteiger charge is 2.47. The largest absolute Gasteiger partial charge is 0.342 e. The quantitative estimate of drug-likeness (QED) is 0.820. The summed E-state index contributed by atoms with van der Waals surface area (Å²) in [6, 6.07) is 8.92. The highest BCUT2D eigenvalue weighted by Crippen LogP contribution is 2.47. The Kier molecular flexibility index (Phi) is 3.57. The Morgan fingerprint density at radius 2 is 2.20 bits per heavy atom. The normalized spacial score (nSPS) is 24.5. The molecule has 2 nitrogen and oxygen atoms in total. The molecule has 1 unspecified atom stereocenters. The summed E-state index contributed by atoms with van der Waals surface area (Å²) in [5, 5.41) is 0. The third-order valence-electron chi connectivity index (χ3n) is 5.06. The molecule has 0 N–H and O–H groups in total. The van der Waals surface area contributed by atoms with Crippen LogP contribution in [0.15, 0.2) is 24.3 Å². The van der Waals surface area contributed by atoms with Crippen molar-refractivity contribution in [2.75, 3.05) is 13.1 Å². The number of benzene rings is 1. The molecule has 0 aromatic heterocycles. The standard InChI is InChI=1S/C18H25NO/c1-3-14-6-4-7-15(12-14)16-8-5-11-19(13-16)17(20)18(2)9-10-18/h4,6-7,12,16H,3,5,8-11,13H2,1-2H3. The maximum atomic E-state index is 12.5. The molecule has 0 radical (unpaired) electrons. The van der Waals surface area contributed by atoms with Crippen LogP contribution in [0.25, 0.3) is 0 Å². The van der Waals surface area contributed by atoms with E-state index in [0.717, 1.165) is 38.8 Å². The van der Waals surface area contributed by atoms with Gasteiger partial charge in [-0.3, -0.25) is 4.79 Å². The van der Waals surface area contributed by atoms with Gasteiger partial charge in [-0.1, -0.05) is 38.1 Å². The molecule has 108 valence electrons. The zero-order valence-corrected chi connectivity index (χ0v) is 12.7. The Morgan fingerprint density at radius 3 is 2.90 bits per heavy atom.